The Morgan fingerprint density at radius 1 is 0.210 bits per heavy atom. The minimum absolute atomic E-state index is 0. The number of rotatable bonds is 18. The van der Waals surface area contributed by atoms with E-state index >= 15 is 4.39 Å². The molecule has 6 aromatic carbocycles. The maximum absolute atomic E-state index is 15.0. The molecule has 12 heterocycles. The van der Waals surface area contributed by atoms with Crippen LogP contribution in [0.25, 0.3) is 134 Å². The van der Waals surface area contributed by atoms with Crippen molar-refractivity contribution in [2.24, 2.45) is 0 Å². The third-order valence-corrected chi connectivity index (χ3v) is 24.4. The average molecular weight is 2440 g/mol. The number of aromatic nitrogens is 12. The molecule has 12 aromatic heterocycles. The molecule has 0 saturated carbocycles. The minimum atomic E-state index is -1.04. The second-order valence-electron chi connectivity index (χ2n) is 33.9. The summed E-state index contributed by atoms with van der Waals surface area (Å²) in [7, 11) is 0. The molecule has 0 aliphatic carbocycles. The van der Waals surface area contributed by atoms with Crippen LogP contribution < -0.4 is 0 Å². The molecule has 0 atom stereocenters. The molecule has 0 amide bonds. The van der Waals surface area contributed by atoms with Crippen molar-refractivity contribution in [3.63, 3.8) is 0 Å². The molecule has 0 spiro atoms. The van der Waals surface area contributed by atoms with E-state index in [2.05, 4.69) is 66.3 Å². The summed E-state index contributed by atoms with van der Waals surface area (Å²) >= 11 is 19.2. The summed E-state index contributed by atoms with van der Waals surface area (Å²) in [4.78, 5) is 51.0. The van der Waals surface area contributed by atoms with E-state index in [1.54, 1.807) is 18.2 Å². The summed E-state index contributed by atoms with van der Waals surface area (Å²) in [6.45, 7) is 23.8. The maximum atomic E-state index is 15.0. The Bertz CT molecular complexity index is 6520. The first-order valence-electron chi connectivity index (χ1n) is 42.5. The number of aryl methyl sites for hydroxylation is 6. The molecule has 0 saturated heterocycles. The Hall–Kier alpha value is -12.6. The third kappa shape index (κ3) is 22.4. The zero-order chi connectivity index (χ0) is 95.6. The van der Waals surface area contributed by atoms with Gasteiger partial charge in [0.25, 0.3) is 0 Å². The summed E-state index contributed by atoms with van der Waals surface area (Å²) in [5.74, 6) is -8.23. The number of halogens is 12. The number of pyridine rings is 12. The van der Waals surface area contributed by atoms with Crippen molar-refractivity contribution < 1.29 is 103 Å². The van der Waals surface area contributed by atoms with Crippen LogP contribution in [0.2, 0.25) is 15.5 Å². The van der Waals surface area contributed by atoms with E-state index in [1.807, 2.05) is 283 Å². The summed E-state index contributed by atoms with van der Waals surface area (Å²) in [5, 5.41) is -0.141. The van der Waals surface area contributed by atoms with Crippen LogP contribution in [0.15, 0.2) is 255 Å². The van der Waals surface area contributed by atoms with Crippen LogP contribution in [0, 0.1) is 131 Å². The van der Waals surface area contributed by atoms with Crippen LogP contribution >= 0.6 is 34.8 Å². The molecule has 0 aliphatic heterocycles. The van der Waals surface area contributed by atoms with Gasteiger partial charge in [-0.05, 0) is 254 Å². The fourth-order valence-electron chi connectivity index (χ4n) is 15.9. The van der Waals surface area contributed by atoms with Gasteiger partial charge in [0.15, 0.2) is 0 Å². The Labute approximate surface area is 851 Å². The third-order valence-electron chi connectivity index (χ3n) is 23.5. The van der Waals surface area contributed by atoms with Crippen LogP contribution in [-0.2, 0) is 79.4 Å². The second kappa shape index (κ2) is 43.2. The topological polar surface area (TPSA) is 155 Å². The molecule has 0 fully saturated rings. The number of benzene rings is 6. The van der Waals surface area contributed by atoms with Gasteiger partial charge in [-0.1, -0.05) is 252 Å². The van der Waals surface area contributed by atoms with E-state index in [9.17, 15) is 35.1 Å². The Kier molecular flexibility index (Phi) is 32.2. The van der Waals surface area contributed by atoms with Crippen molar-refractivity contribution in [1.82, 2.24) is 59.8 Å². The van der Waals surface area contributed by atoms with E-state index in [1.165, 1.54) is 0 Å². The van der Waals surface area contributed by atoms with E-state index in [4.69, 9.17) is 64.7 Å². The summed E-state index contributed by atoms with van der Waals surface area (Å²) < 4.78 is 128. The van der Waals surface area contributed by atoms with E-state index in [0.717, 1.165) is 137 Å². The van der Waals surface area contributed by atoms with Gasteiger partial charge < -0.3 is 44.9 Å². The zero-order valence-corrected chi connectivity index (χ0v) is 84.7. The van der Waals surface area contributed by atoms with Crippen LogP contribution in [0.4, 0.5) is 39.5 Å². The first kappa shape index (κ1) is 103. The van der Waals surface area contributed by atoms with Gasteiger partial charge in [0.1, 0.15) is 53.5 Å². The first-order chi connectivity index (χ1) is 64.5. The fraction of sp³-hybridized carbons (Fsp3) is 0.135. The number of hydrogen-bond donors (Lipinski definition) is 0. The van der Waals surface area contributed by atoms with E-state index < -0.39 is 69.8 Å². The summed E-state index contributed by atoms with van der Waals surface area (Å²) in [5.41, 5.74) is 20.7. The van der Waals surface area contributed by atoms with Gasteiger partial charge in [-0.15, -0.1) is 71.2 Å². The van der Waals surface area contributed by atoms with Gasteiger partial charge in [-0.2, -0.15) is 0 Å². The molecular weight excluding hydrogens is 2360 g/mol. The smallest absolute Gasteiger partial charge is 0.306 e. The SMILES string of the molecule is Cc1ccccc1-c1cc(-c2[c-]cc(F)nc2Cl)nc(C(C)(C)c2cc(-c3ccccc3C)cc(-c3[c-]cc(F)nc3Cl)n2)c1.Cc1ccccc1-c1cc(-c2[c-]cc(F)nc2F)nc(C(C)(C)c2cc(-c3ccccc3C)cc(-c3[c-]cc(F)nc3Cl)n2)c1.Cc1ccccc1-c1cc(-c2[c-]cc(F)nc2F)nc(C(C)(C)c2cc(-c3ccccc3C)cc(-c3[c-]cc(F)nc3F)n2)c1.[Pt+2].[Pt+2].[Pt+2]. The van der Waals surface area contributed by atoms with E-state index in [-0.39, 0.29) is 112 Å². The number of nitrogens with zero attached hydrogens (tertiary/aromatic N) is 12. The monoisotopic (exact) mass is 2440 g/mol. The van der Waals surface area contributed by atoms with Crippen molar-refractivity contribution in [2.75, 3.05) is 0 Å². The standard InChI is InChI=1S/C37H26Cl2F2N4.C37H26ClF3N4.C37H26F4N4.3Pt/c1-21-9-5-7-11-25(21)23-17-29(27-13-15-33(40)44-35(27)38)42-31(19-23)37(3,4)32-20-24(26-12-8-6-10-22(26)2)18-30(43-32)28-14-16-34(41)45-36(28)39;1-21-9-5-7-11-25(21)23-17-29(27-13-15-33(39)44-35(27)38)42-31(19-23)37(3,4)32-20-24(26-12-8-6-10-22(26)2)18-30(43-32)28-14-16-34(40)45-36(28)41;1-21-9-5-7-11-25(21)23-17-29(27-13-15-33(38)44-35(27)40)42-31(19-23)37(3,4)32-20-24(26-12-8-6-10-22(26)2)18-30(43-32)28-14-16-34(39)45-36(28)41;;;/h3*5-12,15-20H,1-4H3;;;/q3*-2;3*+2. The van der Waals surface area contributed by atoms with Gasteiger partial charge >= 0.3 is 63.2 Å². The van der Waals surface area contributed by atoms with Crippen molar-refractivity contribution >= 4 is 34.8 Å². The van der Waals surface area contributed by atoms with Gasteiger partial charge in [0.05, 0.1) is 0 Å². The van der Waals surface area contributed by atoms with Crippen molar-refractivity contribution in [3.8, 4) is 134 Å². The molecule has 138 heavy (non-hydrogen) atoms. The predicted molar refractivity (Wildman–Crippen MR) is 510 cm³/mol. The van der Waals surface area contributed by atoms with Crippen molar-refractivity contribution in [3.05, 3.63) is 428 Å². The Morgan fingerprint density at radius 2 is 0.362 bits per heavy atom. The van der Waals surface area contributed by atoms with Gasteiger partial charge in [0.2, 0.25) is 0 Å². The normalized spacial score (nSPS) is 11.3. The molecule has 12 nitrogen and oxygen atoms in total. The van der Waals surface area contributed by atoms with Crippen LogP contribution in [-0.4, -0.2) is 59.8 Å². The van der Waals surface area contributed by atoms with Gasteiger partial charge in [-0.25, -0.2) is 39.5 Å². The van der Waals surface area contributed by atoms with Crippen molar-refractivity contribution in [2.45, 2.75) is 99.3 Å². The summed E-state index contributed by atoms with van der Waals surface area (Å²) in [6, 6.07) is 92.9. The van der Waals surface area contributed by atoms with Crippen LogP contribution in [0.5, 0.6) is 0 Å². The maximum Gasteiger partial charge on any atom is 2.00 e. The minimum Gasteiger partial charge on any atom is -0.306 e. The molecular formula is C111H78Cl3F9N12Pt3. The number of hydrogen-bond acceptors (Lipinski definition) is 12. The first-order valence-corrected chi connectivity index (χ1v) is 43.6. The van der Waals surface area contributed by atoms with Gasteiger partial charge in [-0.3, -0.25) is 15.0 Å². The Balaban J connectivity index is 0.000000173. The molecule has 18 aromatic rings. The second-order valence-corrected chi connectivity index (χ2v) is 34.9. The molecule has 0 unspecified atom stereocenters. The molecule has 27 heteroatoms. The van der Waals surface area contributed by atoms with Crippen LogP contribution in [0.1, 0.15) is 109 Å². The van der Waals surface area contributed by atoms with Gasteiger partial charge in [0, 0.05) is 65.9 Å². The fourth-order valence-corrected chi connectivity index (χ4v) is 16.6. The van der Waals surface area contributed by atoms with Crippen LogP contribution in [0.3, 0.4) is 0 Å². The van der Waals surface area contributed by atoms with E-state index in [0.29, 0.717) is 67.9 Å². The molecule has 0 aliphatic rings. The predicted octanol–water partition coefficient (Wildman–Crippen LogP) is 28.6. The largest absolute Gasteiger partial charge is 2.00 e. The molecule has 0 bridgehead atoms. The Morgan fingerprint density at radius 3 is 0.522 bits per heavy atom. The summed E-state index contributed by atoms with van der Waals surface area (Å²) in [6.07, 6.45) is 0. The quantitative estimate of drug-likeness (QED) is 0.0456. The molecule has 0 radical (unpaired) electrons. The van der Waals surface area contributed by atoms with Crippen molar-refractivity contribution in [1.29, 1.82) is 0 Å². The average Bonchev–Trinajstić information content (AvgIpc) is 0.762. The molecule has 696 valence electrons. The molecule has 0 N–H and O–H groups in total. The molecule has 18 rings (SSSR count). The zero-order valence-electron chi connectivity index (χ0n) is 75.6.